The van der Waals surface area contributed by atoms with Gasteiger partial charge < -0.3 is 0 Å². The van der Waals surface area contributed by atoms with Crippen molar-refractivity contribution in [2.75, 3.05) is 0 Å². The third-order valence-corrected chi connectivity index (χ3v) is 2.54. The maximum Gasteiger partial charge on any atom is 0.416 e. The molecule has 0 amide bonds. The minimum Gasteiger partial charge on any atom is -0.166 e. The van der Waals surface area contributed by atoms with Crippen LogP contribution in [0.4, 0.5) is 13.2 Å². The fourth-order valence-electron chi connectivity index (χ4n) is 1.63. The molecular weight excluding hydrogens is 249 g/mol. The average molecular weight is 263 g/mol. The van der Waals surface area contributed by atoms with Gasteiger partial charge in [0.25, 0.3) is 0 Å². The maximum atomic E-state index is 12.9. The minimum atomic E-state index is -4.35. The molecule has 17 heavy (non-hydrogen) atoms. The van der Waals surface area contributed by atoms with Crippen molar-refractivity contribution in [1.29, 1.82) is 0 Å². The summed E-state index contributed by atoms with van der Waals surface area (Å²) in [6.45, 7) is 5.28. The standard InChI is InChI=1S/C13H14ClF3/c1-12(2,3)10-5-4-9(6-7-14)8-11(10)13(15,16)17/h4-8H,1-3H3. The lowest BCUT2D eigenvalue weighted by Gasteiger charge is -2.24. The van der Waals surface area contributed by atoms with E-state index in [4.69, 9.17) is 11.6 Å². The first-order valence-electron chi connectivity index (χ1n) is 5.15. The molecule has 1 rings (SSSR count). The van der Waals surface area contributed by atoms with E-state index >= 15 is 0 Å². The quantitative estimate of drug-likeness (QED) is 0.651. The normalized spacial score (nSPS) is 13.4. The van der Waals surface area contributed by atoms with Gasteiger partial charge in [-0.3, -0.25) is 0 Å². The van der Waals surface area contributed by atoms with Gasteiger partial charge in [-0.2, -0.15) is 13.2 Å². The summed E-state index contributed by atoms with van der Waals surface area (Å²) in [5, 5.41) is 0. The van der Waals surface area contributed by atoms with Crippen LogP contribution in [0.2, 0.25) is 0 Å². The molecule has 0 aromatic heterocycles. The van der Waals surface area contributed by atoms with Crippen LogP contribution in [0.5, 0.6) is 0 Å². The molecule has 0 radical (unpaired) electrons. The molecule has 0 saturated heterocycles. The van der Waals surface area contributed by atoms with Crippen LogP contribution in [0.15, 0.2) is 23.7 Å². The number of halogens is 4. The molecule has 0 aliphatic heterocycles. The van der Waals surface area contributed by atoms with E-state index in [1.807, 2.05) is 0 Å². The first-order chi connectivity index (χ1) is 7.66. The van der Waals surface area contributed by atoms with Crippen molar-refractivity contribution in [3.8, 4) is 0 Å². The Hall–Kier alpha value is -0.960. The third-order valence-electron chi connectivity index (χ3n) is 2.41. The zero-order valence-electron chi connectivity index (χ0n) is 9.90. The van der Waals surface area contributed by atoms with Gasteiger partial charge in [0.1, 0.15) is 0 Å². The molecule has 0 spiro atoms. The van der Waals surface area contributed by atoms with E-state index in [1.54, 1.807) is 26.8 Å². The number of alkyl halides is 3. The Kier molecular flexibility index (Phi) is 3.92. The van der Waals surface area contributed by atoms with Crippen LogP contribution in [-0.4, -0.2) is 0 Å². The van der Waals surface area contributed by atoms with Crippen LogP contribution in [0.1, 0.15) is 37.5 Å². The predicted octanol–water partition coefficient (Wildman–Crippen LogP) is 5.21. The molecule has 0 saturated carbocycles. The fourth-order valence-corrected chi connectivity index (χ4v) is 1.77. The van der Waals surface area contributed by atoms with Gasteiger partial charge in [-0.05, 0) is 28.7 Å². The summed E-state index contributed by atoms with van der Waals surface area (Å²) >= 11 is 5.37. The summed E-state index contributed by atoms with van der Waals surface area (Å²) in [4.78, 5) is 0. The van der Waals surface area contributed by atoms with Crippen LogP contribution < -0.4 is 0 Å². The predicted molar refractivity (Wildman–Crippen MR) is 65.0 cm³/mol. The number of hydrogen-bond donors (Lipinski definition) is 0. The van der Waals surface area contributed by atoms with Gasteiger partial charge >= 0.3 is 6.18 Å². The lowest BCUT2D eigenvalue weighted by Crippen LogP contribution is -2.19. The summed E-state index contributed by atoms with van der Waals surface area (Å²) in [7, 11) is 0. The molecule has 0 unspecified atom stereocenters. The van der Waals surface area contributed by atoms with Crippen LogP contribution >= 0.6 is 11.6 Å². The number of benzene rings is 1. The van der Waals surface area contributed by atoms with Crippen LogP contribution in [-0.2, 0) is 11.6 Å². The van der Waals surface area contributed by atoms with Gasteiger partial charge in [0.15, 0.2) is 0 Å². The van der Waals surface area contributed by atoms with Crippen molar-refractivity contribution in [2.45, 2.75) is 32.4 Å². The van der Waals surface area contributed by atoms with E-state index in [0.717, 1.165) is 6.07 Å². The lowest BCUT2D eigenvalue weighted by atomic mass is 9.83. The third kappa shape index (κ3) is 3.50. The second kappa shape index (κ2) is 4.73. The first kappa shape index (κ1) is 14.1. The average Bonchev–Trinajstić information content (AvgIpc) is 2.15. The Bertz CT molecular complexity index is 425. The van der Waals surface area contributed by atoms with Gasteiger partial charge in [0.2, 0.25) is 0 Å². The van der Waals surface area contributed by atoms with Crippen LogP contribution in [0, 0.1) is 0 Å². The molecule has 0 heterocycles. The molecule has 0 bridgehead atoms. The Morgan fingerprint density at radius 1 is 1.06 bits per heavy atom. The SMILES string of the molecule is CC(C)(C)c1ccc(C=CCl)cc1C(F)(F)F. The van der Waals surface area contributed by atoms with Crippen molar-refractivity contribution in [2.24, 2.45) is 0 Å². The minimum absolute atomic E-state index is 0.289. The molecule has 4 heteroatoms. The lowest BCUT2D eigenvalue weighted by molar-refractivity contribution is -0.138. The van der Waals surface area contributed by atoms with Crippen molar-refractivity contribution >= 4 is 17.7 Å². The maximum absolute atomic E-state index is 12.9. The molecule has 0 aliphatic rings. The molecule has 0 N–H and O–H groups in total. The monoisotopic (exact) mass is 262 g/mol. The van der Waals surface area contributed by atoms with Crippen molar-refractivity contribution < 1.29 is 13.2 Å². The largest absolute Gasteiger partial charge is 0.416 e. The molecule has 1 aromatic rings. The molecular formula is C13H14ClF3. The van der Waals surface area contributed by atoms with Gasteiger partial charge in [-0.25, -0.2) is 0 Å². The van der Waals surface area contributed by atoms with Gasteiger partial charge in [-0.15, -0.1) is 0 Å². The van der Waals surface area contributed by atoms with E-state index in [1.165, 1.54) is 17.7 Å². The summed E-state index contributed by atoms with van der Waals surface area (Å²) in [6, 6.07) is 4.27. The second-order valence-corrected chi connectivity index (χ2v) is 5.10. The summed E-state index contributed by atoms with van der Waals surface area (Å²) in [6.07, 6.45) is -2.91. The number of hydrogen-bond acceptors (Lipinski definition) is 0. The van der Waals surface area contributed by atoms with Crippen molar-refractivity contribution in [3.63, 3.8) is 0 Å². The highest BCUT2D eigenvalue weighted by Crippen LogP contribution is 2.38. The highest BCUT2D eigenvalue weighted by atomic mass is 35.5. The molecule has 94 valence electrons. The van der Waals surface area contributed by atoms with E-state index in [2.05, 4.69) is 0 Å². The fraction of sp³-hybridized carbons (Fsp3) is 0.385. The summed E-state index contributed by atoms with van der Waals surface area (Å²) in [5.41, 5.74) is 0.787. The molecule has 1 aromatic carbocycles. The highest BCUT2D eigenvalue weighted by Gasteiger charge is 2.36. The molecule has 0 nitrogen and oxygen atoms in total. The Balaban J connectivity index is 3.43. The summed E-state index contributed by atoms with van der Waals surface area (Å²) < 4.78 is 38.8. The Morgan fingerprint density at radius 2 is 1.65 bits per heavy atom. The van der Waals surface area contributed by atoms with Crippen LogP contribution in [0.3, 0.4) is 0 Å². The van der Waals surface area contributed by atoms with Crippen LogP contribution in [0.25, 0.3) is 6.08 Å². The van der Waals surface area contributed by atoms with E-state index in [-0.39, 0.29) is 5.56 Å². The van der Waals surface area contributed by atoms with E-state index in [0.29, 0.717) is 5.56 Å². The highest BCUT2D eigenvalue weighted by molar-refractivity contribution is 6.27. The van der Waals surface area contributed by atoms with Gasteiger partial charge in [-0.1, -0.05) is 44.5 Å². The van der Waals surface area contributed by atoms with E-state index in [9.17, 15) is 13.2 Å². The zero-order valence-corrected chi connectivity index (χ0v) is 10.7. The van der Waals surface area contributed by atoms with E-state index < -0.39 is 17.2 Å². The van der Waals surface area contributed by atoms with Gasteiger partial charge in [0, 0.05) is 5.54 Å². The smallest absolute Gasteiger partial charge is 0.166 e. The summed E-state index contributed by atoms with van der Waals surface area (Å²) in [5.74, 6) is 0. The second-order valence-electron chi connectivity index (χ2n) is 4.85. The first-order valence-corrected chi connectivity index (χ1v) is 5.58. The van der Waals surface area contributed by atoms with Crippen molar-refractivity contribution in [3.05, 3.63) is 40.4 Å². The Labute approximate surface area is 104 Å². The zero-order chi connectivity index (χ0) is 13.3. The Morgan fingerprint density at radius 3 is 2.06 bits per heavy atom. The molecule has 0 fully saturated rings. The van der Waals surface area contributed by atoms with Crippen molar-refractivity contribution in [1.82, 2.24) is 0 Å². The molecule has 0 atom stereocenters. The topological polar surface area (TPSA) is 0 Å². The number of rotatable bonds is 1. The molecule has 0 aliphatic carbocycles. The van der Waals surface area contributed by atoms with Gasteiger partial charge in [0.05, 0.1) is 5.56 Å².